The summed E-state index contributed by atoms with van der Waals surface area (Å²) in [6.45, 7) is 1.43. The molecule has 0 aromatic heterocycles. The van der Waals surface area contributed by atoms with Crippen LogP contribution < -0.4 is 10.6 Å². The molecule has 4 amide bonds. The molecule has 1 rings (SSSR count). The van der Waals surface area contributed by atoms with Gasteiger partial charge in [0.05, 0.1) is 0 Å². The van der Waals surface area contributed by atoms with Crippen LogP contribution in [0.4, 0.5) is 4.79 Å². The highest BCUT2D eigenvalue weighted by Crippen LogP contribution is 2.34. The largest absolute Gasteiger partial charge is 0.328 e. The van der Waals surface area contributed by atoms with Crippen molar-refractivity contribution in [2.24, 2.45) is 11.3 Å². The smallest absolute Gasteiger partial charge is 0.277 e. The van der Waals surface area contributed by atoms with Gasteiger partial charge in [0.25, 0.3) is 0 Å². The molecule has 0 spiro atoms. The summed E-state index contributed by atoms with van der Waals surface area (Å²) in [5.74, 6) is -2.55. The fourth-order valence-corrected chi connectivity index (χ4v) is 1.68. The molecule has 1 fully saturated rings. The molecular formula is C11H18N2O3. The molecule has 16 heavy (non-hydrogen) atoms. The monoisotopic (exact) mass is 231 g/mol. The predicted molar refractivity (Wildman–Crippen MR) is 58.5 cm³/mol. The van der Waals surface area contributed by atoms with Crippen molar-refractivity contribution < 1.29 is 21.2 Å². The molecule has 0 saturated carbocycles. The van der Waals surface area contributed by atoms with Crippen LogP contribution in [-0.4, -0.2) is 17.8 Å². The van der Waals surface area contributed by atoms with Crippen LogP contribution in [0.2, 0.25) is 0 Å². The molecule has 0 aliphatic carbocycles. The fourth-order valence-electron chi connectivity index (χ4n) is 1.68. The van der Waals surface area contributed by atoms with E-state index >= 15 is 0 Å². The molecule has 90 valence electrons. The van der Waals surface area contributed by atoms with Gasteiger partial charge in [0, 0.05) is 6.85 Å². The summed E-state index contributed by atoms with van der Waals surface area (Å²) in [6.07, 6.45) is -4.96. The van der Waals surface area contributed by atoms with Crippen molar-refractivity contribution in [2.75, 3.05) is 0 Å². The minimum absolute atomic E-state index is 0.243. The minimum Gasteiger partial charge on any atom is -0.277 e. The first-order valence-electron chi connectivity index (χ1n) is 7.63. The van der Waals surface area contributed by atoms with Gasteiger partial charge in [-0.1, -0.05) is 27.1 Å². The van der Waals surface area contributed by atoms with E-state index < -0.39 is 42.9 Å². The van der Waals surface area contributed by atoms with Crippen LogP contribution in [0.5, 0.6) is 0 Å². The third-order valence-electron chi connectivity index (χ3n) is 2.27. The highest BCUT2D eigenvalue weighted by Gasteiger charge is 2.49. The number of barbiturate groups is 1. The highest BCUT2D eigenvalue weighted by atomic mass is 16.2. The van der Waals surface area contributed by atoms with Crippen LogP contribution in [0.15, 0.2) is 0 Å². The maximum atomic E-state index is 12.2. The molecule has 0 aromatic rings. The lowest BCUT2D eigenvalue weighted by molar-refractivity contribution is -0.146. The maximum Gasteiger partial charge on any atom is 0.328 e. The van der Waals surface area contributed by atoms with E-state index in [2.05, 4.69) is 0 Å². The Morgan fingerprint density at radius 1 is 1.31 bits per heavy atom. The average Bonchev–Trinajstić information content (AvgIpc) is 2.31. The predicted octanol–water partition coefficient (Wildman–Crippen LogP) is 1.18. The number of hydrogen-bond acceptors (Lipinski definition) is 3. The summed E-state index contributed by atoms with van der Waals surface area (Å²) in [5.41, 5.74) is -2.32. The average molecular weight is 231 g/mol. The van der Waals surface area contributed by atoms with Gasteiger partial charge in [0.15, 0.2) is 0 Å². The van der Waals surface area contributed by atoms with E-state index in [0.717, 1.165) is 0 Å². The van der Waals surface area contributed by atoms with Gasteiger partial charge in [0.2, 0.25) is 11.8 Å². The minimum atomic E-state index is -2.78. The number of hydrogen-bond donors (Lipinski definition) is 2. The summed E-state index contributed by atoms with van der Waals surface area (Å²) >= 11 is 0. The number of rotatable bonds is 4. The van der Waals surface area contributed by atoms with Crippen molar-refractivity contribution in [3.63, 3.8) is 0 Å². The zero-order chi connectivity index (χ0) is 16.6. The Bertz CT molecular complexity index is 447. The molecule has 0 bridgehead atoms. The van der Waals surface area contributed by atoms with Crippen LogP contribution in [-0.2, 0) is 9.59 Å². The second-order valence-corrected chi connectivity index (χ2v) is 4.05. The first kappa shape index (κ1) is 7.04. The SMILES string of the molecule is [2H]C([2H])C([2H])C([2H])([2H])C1(CC(C)C)C(=O)NC(=O)NC1=O. The molecule has 1 unspecified atom stereocenters. The molecule has 1 saturated heterocycles. The molecule has 0 aromatic carbocycles. The van der Waals surface area contributed by atoms with E-state index in [9.17, 15) is 14.4 Å². The summed E-state index contributed by atoms with van der Waals surface area (Å²) in [5, 5.41) is 3.70. The first-order chi connectivity index (χ1) is 9.46. The Morgan fingerprint density at radius 3 is 2.31 bits per heavy atom. The Kier molecular flexibility index (Phi) is 2.04. The van der Waals surface area contributed by atoms with E-state index in [4.69, 9.17) is 6.85 Å². The van der Waals surface area contributed by atoms with Gasteiger partial charge >= 0.3 is 6.03 Å². The number of nitrogens with one attached hydrogen (secondary N) is 2. The van der Waals surface area contributed by atoms with Crippen molar-refractivity contribution in [1.82, 2.24) is 10.6 Å². The lowest BCUT2D eigenvalue weighted by Crippen LogP contribution is -2.62. The van der Waals surface area contributed by atoms with E-state index in [1.807, 2.05) is 10.6 Å². The summed E-state index contributed by atoms with van der Waals surface area (Å²) in [6, 6.07) is -1.05. The second-order valence-electron chi connectivity index (χ2n) is 4.05. The van der Waals surface area contributed by atoms with Crippen molar-refractivity contribution in [3.8, 4) is 0 Å². The molecule has 5 heteroatoms. The van der Waals surface area contributed by atoms with E-state index in [1.165, 1.54) is 0 Å². The number of carbonyl (C=O) groups is 3. The fraction of sp³-hybridized carbons (Fsp3) is 0.727. The molecule has 0 radical (unpaired) electrons. The van der Waals surface area contributed by atoms with Gasteiger partial charge in [-0.2, -0.15) is 0 Å². The zero-order valence-electron chi connectivity index (χ0n) is 14.2. The molecule has 1 heterocycles. The Morgan fingerprint density at radius 2 is 1.88 bits per heavy atom. The quantitative estimate of drug-likeness (QED) is 0.713. The van der Waals surface area contributed by atoms with Crippen molar-refractivity contribution in [2.45, 2.75) is 39.9 Å². The van der Waals surface area contributed by atoms with Crippen LogP contribution in [0, 0.1) is 11.3 Å². The number of carbonyl (C=O) groups excluding carboxylic acids is 3. The van der Waals surface area contributed by atoms with Gasteiger partial charge < -0.3 is 0 Å². The molecule has 1 aliphatic rings. The third-order valence-corrected chi connectivity index (χ3v) is 2.27. The highest BCUT2D eigenvalue weighted by molar-refractivity contribution is 6.19. The maximum absolute atomic E-state index is 12.2. The van der Waals surface area contributed by atoms with Gasteiger partial charge in [-0.15, -0.1) is 0 Å². The summed E-state index contributed by atoms with van der Waals surface area (Å²) < 4.78 is 38.1. The Hall–Kier alpha value is -1.39. The van der Waals surface area contributed by atoms with Crippen LogP contribution >= 0.6 is 0 Å². The van der Waals surface area contributed by atoms with Gasteiger partial charge in [-0.25, -0.2) is 4.79 Å². The van der Waals surface area contributed by atoms with Crippen LogP contribution in [0.1, 0.15) is 46.8 Å². The van der Waals surface area contributed by atoms with E-state index in [-0.39, 0.29) is 12.3 Å². The molecular weight excluding hydrogens is 208 g/mol. The lowest BCUT2D eigenvalue weighted by atomic mass is 9.74. The molecule has 5 nitrogen and oxygen atoms in total. The van der Waals surface area contributed by atoms with E-state index in [0.29, 0.717) is 0 Å². The Balaban J connectivity index is 3.43. The molecule has 2 N–H and O–H groups in total. The third kappa shape index (κ3) is 2.23. The van der Waals surface area contributed by atoms with Crippen molar-refractivity contribution >= 4 is 17.8 Å². The topological polar surface area (TPSA) is 75.3 Å². The number of imide groups is 2. The first-order valence-corrected chi connectivity index (χ1v) is 4.90. The standard InChI is InChI=1S/C11H18N2O3/c1-4-5-11(6-7(2)3)8(14)12-10(16)13-9(11)15/h7H,4-6H2,1-3H3,(H2,12,13,14,15,16)/i1D2,4D,5D2. The van der Waals surface area contributed by atoms with Gasteiger partial charge in [-0.3, -0.25) is 20.2 Å². The lowest BCUT2D eigenvalue weighted by Gasteiger charge is -2.34. The number of urea groups is 1. The van der Waals surface area contributed by atoms with E-state index in [1.54, 1.807) is 13.8 Å². The molecule has 1 aliphatic heterocycles. The van der Waals surface area contributed by atoms with Gasteiger partial charge in [0.1, 0.15) is 5.41 Å². The van der Waals surface area contributed by atoms with Gasteiger partial charge in [-0.05, 0) is 18.7 Å². The van der Waals surface area contributed by atoms with Crippen molar-refractivity contribution in [1.29, 1.82) is 0 Å². The number of amides is 4. The van der Waals surface area contributed by atoms with Crippen LogP contribution in [0.25, 0.3) is 0 Å². The van der Waals surface area contributed by atoms with Crippen LogP contribution in [0.3, 0.4) is 0 Å². The molecule has 1 atom stereocenters. The normalized spacial score (nSPS) is 27.2. The Labute approximate surface area is 102 Å². The summed E-state index contributed by atoms with van der Waals surface area (Å²) in [4.78, 5) is 35.6. The van der Waals surface area contributed by atoms with Crippen molar-refractivity contribution in [3.05, 3.63) is 0 Å². The summed E-state index contributed by atoms with van der Waals surface area (Å²) in [7, 11) is 0. The second kappa shape index (κ2) is 4.63. The zero-order valence-corrected chi connectivity index (χ0v) is 9.16.